The maximum Gasteiger partial charge on any atom is 0.261 e. The molecule has 0 fully saturated rings. The Labute approximate surface area is 165 Å². The minimum Gasteiger partial charge on any atom is -0.457 e. The number of carbonyl (C=O) groups excluding carboxylic acids is 2. The Morgan fingerprint density at radius 3 is 1.85 bits per heavy atom. The van der Waals surface area contributed by atoms with Gasteiger partial charge in [0.25, 0.3) is 11.8 Å². The average Bonchev–Trinajstić information content (AvgIpc) is 2.88. The van der Waals surface area contributed by atoms with Crippen LogP contribution in [-0.4, -0.2) is 16.7 Å². The van der Waals surface area contributed by atoms with Gasteiger partial charge in [0, 0.05) is 10.0 Å². The molecular formula is C21H13Cl2NO3. The van der Waals surface area contributed by atoms with Crippen LogP contribution in [-0.2, 0) is 6.54 Å². The van der Waals surface area contributed by atoms with E-state index in [1.807, 2.05) is 12.1 Å². The van der Waals surface area contributed by atoms with Crippen molar-refractivity contribution in [3.63, 3.8) is 0 Å². The van der Waals surface area contributed by atoms with Gasteiger partial charge >= 0.3 is 0 Å². The van der Waals surface area contributed by atoms with Crippen LogP contribution >= 0.6 is 23.2 Å². The lowest BCUT2D eigenvalue weighted by atomic mass is 10.1. The van der Waals surface area contributed by atoms with Crippen molar-refractivity contribution in [3.05, 3.63) is 93.5 Å². The van der Waals surface area contributed by atoms with Crippen LogP contribution in [0.25, 0.3) is 0 Å². The molecule has 0 radical (unpaired) electrons. The van der Waals surface area contributed by atoms with E-state index in [4.69, 9.17) is 27.9 Å². The minimum atomic E-state index is -0.274. The molecule has 2 amide bonds. The van der Waals surface area contributed by atoms with Crippen LogP contribution in [0.2, 0.25) is 10.0 Å². The number of rotatable bonds is 4. The van der Waals surface area contributed by atoms with Crippen LogP contribution in [0.15, 0.2) is 66.7 Å². The van der Waals surface area contributed by atoms with Crippen LogP contribution in [0.4, 0.5) is 0 Å². The number of fused-ring (bicyclic) bond motifs is 1. The van der Waals surface area contributed by atoms with Gasteiger partial charge in [-0.05, 0) is 48.0 Å². The highest BCUT2D eigenvalue weighted by atomic mass is 35.5. The SMILES string of the molecule is O=C1c2ccccc2C(=O)N1Cc1ccc(Oc2cc(Cl)cc(Cl)c2)cc1. The van der Waals surface area contributed by atoms with E-state index in [1.54, 1.807) is 54.6 Å². The number of amides is 2. The molecule has 4 rings (SSSR count). The average molecular weight is 398 g/mol. The molecule has 1 aliphatic heterocycles. The van der Waals surface area contributed by atoms with Crippen molar-refractivity contribution in [1.82, 2.24) is 4.90 Å². The molecule has 0 atom stereocenters. The highest BCUT2D eigenvalue weighted by molar-refractivity contribution is 6.34. The quantitative estimate of drug-likeness (QED) is 0.539. The molecule has 3 aromatic carbocycles. The largest absolute Gasteiger partial charge is 0.457 e. The topological polar surface area (TPSA) is 46.6 Å². The van der Waals surface area contributed by atoms with Crippen molar-refractivity contribution in [2.45, 2.75) is 6.54 Å². The van der Waals surface area contributed by atoms with Crippen LogP contribution < -0.4 is 4.74 Å². The smallest absolute Gasteiger partial charge is 0.261 e. The van der Waals surface area contributed by atoms with Gasteiger partial charge in [-0.3, -0.25) is 14.5 Å². The fourth-order valence-corrected chi connectivity index (χ4v) is 3.46. The molecule has 0 saturated heterocycles. The van der Waals surface area contributed by atoms with Gasteiger partial charge in [-0.25, -0.2) is 0 Å². The summed E-state index contributed by atoms with van der Waals surface area (Å²) >= 11 is 11.9. The number of nitrogens with zero attached hydrogens (tertiary/aromatic N) is 1. The summed E-state index contributed by atoms with van der Waals surface area (Å²) in [5.74, 6) is 0.578. The van der Waals surface area contributed by atoms with E-state index in [-0.39, 0.29) is 18.4 Å². The third kappa shape index (κ3) is 3.54. The molecule has 0 aromatic heterocycles. The van der Waals surface area contributed by atoms with Crippen molar-refractivity contribution >= 4 is 35.0 Å². The molecule has 0 unspecified atom stereocenters. The van der Waals surface area contributed by atoms with Crippen molar-refractivity contribution in [1.29, 1.82) is 0 Å². The molecule has 1 aliphatic rings. The zero-order valence-electron chi connectivity index (χ0n) is 14.0. The van der Waals surface area contributed by atoms with Crippen LogP contribution in [0.1, 0.15) is 26.3 Å². The Morgan fingerprint density at radius 2 is 1.30 bits per heavy atom. The number of ether oxygens (including phenoxy) is 1. The predicted molar refractivity (Wildman–Crippen MR) is 104 cm³/mol. The fourth-order valence-electron chi connectivity index (χ4n) is 2.95. The molecule has 4 nitrogen and oxygen atoms in total. The number of benzene rings is 3. The van der Waals surface area contributed by atoms with E-state index >= 15 is 0 Å². The standard InChI is InChI=1S/C21H13Cl2NO3/c22-14-9-15(23)11-17(10-14)27-16-7-5-13(6-8-16)12-24-20(25)18-3-1-2-4-19(18)21(24)26/h1-11H,12H2. The molecule has 6 heteroatoms. The monoisotopic (exact) mass is 397 g/mol. The van der Waals surface area contributed by atoms with E-state index in [0.29, 0.717) is 32.7 Å². The molecule has 0 bridgehead atoms. The van der Waals surface area contributed by atoms with Gasteiger partial charge in [0.15, 0.2) is 0 Å². The summed E-state index contributed by atoms with van der Waals surface area (Å²) in [6, 6.07) is 19.0. The lowest BCUT2D eigenvalue weighted by molar-refractivity contribution is 0.0642. The van der Waals surface area contributed by atoms with Gasteiger partial charge in [-0.2, -0.15) is 0 Å². The maximum atomic E-state index is 12.4. The van der Waals surface area contributed by atoms with Crippen molar-refractivity contribution < 1.29 is 14.3 Å². The molecule has 0 saturated carbocycles. The minimum absolute atomic E-state index is 0.204. The van der Waals surface area contributed by atoms with Gasteiger partial charge in [-0.1, -0.05) is 47.5 Å². The highest BCUT2D eigenvalue weighted by Gasteiger charge is 2.34. The number of imide groups is 1. The van der Waals surface area contributed by atoms with Crippen molar-refractivity contribution in [3.8, 4) is 11.5 Å². The second kappa shape index (κ2) is 7.06. The normalized spacial score (nSPS) is 13.0. The molecule has 0 spiro atoms. The van der Waals surface area contributed by atoms with Gasteiger partial charge in [-0.15, -0.1) is 0 Å². The number of hydrogen-bond acceptors (Lipinski definition) is 3. The maximum absolute atomic E-state index is 12.4. The van der Waals surface area contributed by atoms with Gasteiger partial charge < -0.3 is 4.74 Å². The van der Waals surface area contributed by atoms with Crippen molar-refractivity contribution in [2.24, 2.45) is 0 Å². The first-order valence-corrected chi connectivity index (χ1v) is 8.95. The molecule has 134 valence electrons. The van der Waals surface area contributed by atoms with E-state index in [2.05, 4.69) is 0 Å². The lowest BCUT2D eigenvalue weighted by Crippen LogP contribution is -2.29. The Morgan fingerprint density at radius 1 is 0.741 bits per heavy atom. The molecule has 3 aromatic rings. The molecular weight excluding hydrogens is 385 g/mol. The summed E-state index contributed by atoms with van der Waals surface area (Å²) in [5.41, 5.74) is 1.71. The van der Waals surface area contributed by atoms with Crippen LogP contribution in [0.3, 0.4) is 0 Å². The van der Waals surface area contributed by atoms with E-state index in [9.17, 15) is 9.59 Å². The Bertz CT molecular complexity index is 992. The van der Waals surface area contributed by atoms with Gasteiger partial charge in [0.1, 0.15) is 11.5 Å². The number of carbonyl (C=O) groups is 2. The zero-order valence-corrected chi connectivity index (χ0v) is 15.5. The lowest BCUT2D eigenvalue weighted by Gasteiger charge is -2.14. The Kier molecular flexibility index (Phi) is 4.60. The summed E-state index contributed by atoms with van der Waals surface area (Å²) in [6.07, 6.45) is 0. The van der Waals surface area contributed by atoms with Crippen LogP contribution in [0, 0.1) is 0 Å². The second-order valence-electron chi connectivity index (χ2n) is 6.09. The fraction of sp³-hybridized carbons (Fsp3) is 0.0476. The first-order chi connectivity index (χ1) is 13.0. The summed E-state index contributed by atoms with van der Waals surface area (Å²) in [7, 11) is 0. The predicted octanol–water partition coefficient (Wildman–Crippen LogP) is 5.58. The van der Waals surface area contributed by atoms with E-state index in [0.717, 1.165) is 5.56 Å². The number of hydrogen-bond donors (Lipinski definition) is 0. The Balaban J connectivity index is 1.49. The second-order valence-corrected chi connectivity index (χ2v) is 6.97. The molecule has 0 aliphatic carbocycles. The summed E-state index contributed by atoms with van der Waals surface area (Å²) in [6.45, 7) is 0.204. The first-order valence-electron chi connectivity index (χ1n) is 8.19. The summed E-state index contributed by atoms with van der Waals surface area (Å²) in [5, 5.41) is 0.972. The molecule has 27 heavy (non-hydrogen) atoms. The van der Waals surface area contributed by atoms with E-state index in [1.165, 1.54) is 4.90 Å². The van der Waals surface area contributed by atoms with Gasteiger partial charge in [0.2, 0.25) is 0 Å². The zero-order chi connectivity index (χ0) is 19.0. The Hall–Kier alpha value is -2.82. The third-order valence-electron chi connectivity index (χ3n) is 4.21. The molecule has 1 heterocycles. The van der Waals surface area contributed by atoms with Crippen molar-refractivity contribution in [2.75, 3.05) is 0 Å². The van der Waals surface area contributed by atoms with Gasteiger partial charge in [0.05, 0.1) is 17.7 Å². The third-order valence-corrected chi connectivity index (χ3v) is 4.65. The van der Waals surface area contributed by atoms with E-state index < -0.39 is 0 Å². The summed E-state index contributed by atoms with van der Waals surface area (Å²) in [4.78, 5) is 26.1. The van der Waals surface area contributed by atoms with Crippen LogP contribution in [0.5, 0.6) is 11.5 Å². The first kappa shape index (κ1) is 17.6. The number of halogens is 2. The highest BCUT2D eigenvalue weighted by Crippen LogP contribution is 2.29. The molecule has 0 N–H and O–H groups in total. The summed E-state index contributed by atoms with van der Waals surface area (Å²) < 4.78 is 5.74.